The Hall–Kier alpha value is -4.17. The minimum atomic E-state index is -5.33. The van der Waals surface area contributed by atoms with Crippen molar-refractivity contribution in [2.24, 2.45) is 28.6 Å². The zero-order valence-electron chi connectivity index (χ0n) is 26.3. The molecule has 1 aromatic heterocycles. The minimum Gasteiger partial charge on any atom is -0.471 e. The number of hydrogen-bond acceptors (Lipinski definition) is 7. The highest BCUT2D eigenvalue weighted by Crippen LogP contribution is 2.82. The van der Waals surface area contributed by atoms with Crippen LogP contribution in [-0.4, -0.2) is 87.1 Å². The van der Waals surface area contributed by atoms with Gasteiger partial charge in [-0.05, 0) is 48.5 Å². The number of carbonyl (C=O) groups excluding carboxylic acids is 4. The number of halogens is 7. The molecule has 4 amide bonds. The lowest BCUT2D eigenvalue weighted by molar-refractivity contribution is -0.176. The van der Waals surface area contributed by atoms with Gasteiger partial charge < -0.3 is 25.2 Å². The molecular formula is C31H31F7N6O5. The predicted molar refractivity (Wildman–Crippen MR) is 150 cm³/mol. The monoisotopic (exact) mass is 700 g/mol. The lowest BCUT2D eigenvalue weighted by Gasteiger charge is -2.39. The highest BCUT2D eigenvalue weighted by atomic mass is 19.4. The summed E-state index contributed by atoms with van der Waals surface area (Å²) in [5, 5.41) is 14.2. The second-order valence-corrected chi connectivity index (χ2v) is 15.1. The third-order valence-electron chi connectivity index (χ3n) is 11.6. The molecule has 11 nitrogen and oxygen atoms in total. The smallest absolute Gasteiger partial charge is 0.471 e. The zero-order valence-corrected chi connectivity index (χ0v) is 26.3. The van der Waals surface area contributed by atoms with Crippen molar-refractivity contribution in [2.75, 3.05) is 18.4 Å². The number of carbonyl (C=O) groups is 4. The quantitative estimate of drug-likeness (QED) is 0.461. The minimum absolute atomic E-state index is 0.0689. The fourth-order valence-electron chi connectivity index (χ4n) is 9.54. The Balaban J connectivity index is 1.27. The molecule has 7 rings (SSSR count). The summed E-state index contributed by atoms with van der Waals surface area (Å²) < 4.78 is 103. The Bertz CT molecular complexity index is 1720. The topological polar surface area (TPSA) is 145 Å². The van der Waals surface area contributed by atoms with Gasteiger partial charge in [0.05, 0.1) is 12.6 Å². The van der Waals surface area contributed by atoms with Gasteiger partial charge in [0.2, 0.25) is 17.4 Å². The van der Waals surface area contributed by atoms with E-state index in [9.17, 15) is 50.8 Å². The number of anilines is 1. The lowest BCUT2D eigenvalue weighted by atomic mass is 9.75. The van der Waals surface area contributed by atoms with Crippen LogP contribution in [-0.2, 0) is 25.4 Å². The van der Waals surface area contributed by atoms with Gasteiger partial charge in [-0.2, -0.15) is 31.6 Å². The van der Waals surface area contributed by atoms with Crippen LogP contribution < -0.4 is 15.4 Å². The molecule has 9 atom stereocenters. The van der Waals surface area contributed by atoms with Crippen LogP contribution in [0.3, 0.4) is 0 Å². The molecule has 0 aromatic carbocycles. The number of amides is 4. The molecular weight excluding hydrogens is 669 g/mol. The lowest BCUT2D eigenvalue weighted by Crippen LogP contribution is -2.62. The molecule has 6 aliphatic rings. The van der Waals surface area contributed by atoms with Crippen LogP contribution >= 0.6 is 0 Å². The van der Waals surface area contributed by atoms with E-state index in [2.05, 4.69) is 10.3 Å². The van der Waals surface area contributed by atoms with Gasteiger partial charge in [0.15, 0.2) is 11.6 Å². The van der Waals surface area contributed by atoms with Crippen molar-refractivity contribution < 1.29 is 54.6 Å². The second-order valence-electron chi connectivity index (χ2n) is 15.1. The largest absolute Gasteiger partial charge is 0.471 e. The Labute approximate surface area is 274 Å². The Morgan fingerprint density at radius 3 is 2.45 bits per heavy atom. The maximum Gasteiger partial charge on any atom is 0.471 e. The van der Waals surface area contributed by atoms with E-state index in [1.165, 1.54) is 20.8 Å². The Morgan fingerprint density at radius 1 is 1.14 bits per heavy atom. The van der Waals surface area contributed by atoms with Crippen molar-refractivity contribution in [3.05, 3.63) is 17.8 Å². The van der Waals surface area contributed by atoms with Crippen LogP contribution in [0.5, 0.6) is 5.75 Å². The number of alkyl halides is 7. The van der Waals surface area contributed by atoms with Crippen molar-refractivity contribution in [2.45, 2.75) is 88.2 Å². The number of piperidine rings is 1. The number of hydrogen-bond donors (Lipinski definition) is 2. The number of likely N-dealkylation sites (tertiary alicyclic amines) is 2. The van der Waals surface area contributed by atoms with Gasteiger partial charge in [0, 0.05) is 24.6 Å². The molecule has 2 spiro atoms. The molecule has 5 fully saturated rings. The van der Waals surface area contributed by atoms with Crippen LogP contribution in [0.4, 0.5) is 36.6 Å². The first-order valence-electron chi connectivity index (χ1n) is 15.7. The summed E-state index contributed by atoms with van der Waals surface area (Å²) in [5.41, 5.74) is -7.68. The molecule has 1 unspecified atom stereocenters. The fourth-order valence-corrected chi connectivity index (χ4v) is 9.54. The summed E-state index contributed by atoms with van der Waals surface area (Å²) >= 11 is 0. The van der Waals surface area contributed by atoms with E-state index >= 15 is 4.39 Å². The van der Waals surface area contributed by atoms with Gasteiger partial charge in [-0.3, -0.25) is 19.2 Å². The maximum absolute atomic E-state index is 15.4. The summed E-state index contributed by atoms with van der Waals surface area (Å²) in [4.78, 5) is 60.5. The summed E-state index contributed by atoms with van der Waals surface area (Å²) in [5.74, 6) is -7.85. The Kier molecular flexibility index (Phi) is 6.78. The van der Waals surface area contributed by atoms with Crippen molar-refractivity contribution in [3.63, 3.8) is 0 Å². The molecule has 49 heavy (non-hydrogen) atoms. The van der Waals surface area contributed by atoms with Crippen LogP contribution in [0.2, 0.25) is 0 Å². The zero-order chi connectivity index (χ0) is 35.9. The van der Waals surface area contributed by atoms with Gasteiger partial charge >= 0.3 is 18.3 Å². The van der Waals surface area contributed by atoms with Crippen LogP contribution in [0.15, 0.2) is 12.3 Å². The fraction of sp³-hybridized carbons (Fsp3) is 0.677. The van der Waals surface area contributed by atoms with E-state index in [-0.39, 0.29) is 25.3 Å². The number of nitriles is 1. The summed E-state index contributed by atoms with van der Waals surface area (Å²) in [6.45, 7) is 3.45. The third kappa shape index (κ3) is 4.41. The molecule has 2 saturated heterocycles. The van der Waals surface area contributed by atoms with Gasteiger partial charge in [-0.15, -0.1) is 0 Å². The van der Waals surface area contributed by atoms with E-state index in [1.54, 1.807) is 5.32 Å². The number of fused-ring (bicyclic) bond motifs is 4. The highest BCUT2D eigenvalue weighted by Gasteiger charge is 2.90. The van der Waals surface area contributed by atoms with E-state index < -0.39 is 118 Å². The van der Waals surface area contributed by atoms with Crippen molar-refractivity contribution in [3.8, 4) is 11.8 Å². The van der Waals surface area contributed by atoms with E-state index in [0.717, 1.165) is 16.0 Å². The highest BCUT2D eigenvalue weighted by molar-refractivity contribution is 6.04. The first kappa shape index (κ1) is 33.3. The van der Waals surface area contributed by atoms with Gasteiger partial charge in [0.25, 0.3) is 5.91 Å². The second kappa shape index (κ2) is 9.96. The van der Waals surface area contributed by atoms with Crippen molar-refractivity contribution >= 4 is 29.4 Å². The number of pyridine rings is 1. The molecule has 0 radical (unpaired) electrons. The normalized spacial score (nSPS) is 36.3. The summed E-state index contributed by atoms with van der Waals surface area (Å²) in [7, 11) is 0. The number of nitrogens with zero attached hydrogens (tertiary/aromatic N) is 4. The van der Waals surface area contributed by atoms with Crippen molar-refractivity contribution in [1.82, 2.24) is 20.1 Å². The number of aromatic nitrogens is 1. The summed E-state index contributed by atoms with van der Waals surface area (Å²) in [6, 6.07) is -0.675. The molecule has 2 N–H and O–H groups in total. The SMILES string of the molecule is CC(C)(C)[C@H](NC(=O)C(F)(F)F)C(=O)N1C[C@@H]2[C@@H]3C[C@@H](F)[C@@H](C3)[C@@]23CC13C(=O)N1C[C@@]2(C[C@H]1C#N)Oc1c(C(F)(F)F)ccnc1NC2=O. The van der Waals surface area contributed by atoms with Crippen molar-refractivity contribution in [1.29, 1.82) is 5.26 Å². The first-order valence-corrected chi connectivity index (χ1v) is 15.7. The molecule has 3 aliphatic carbocycles. The number of nitrogens with one attached hydrogen (secondary N) is 2. The average Bonchev–Trinajstić information content (AvgIpc) is 3.33. The van der Waals surface area contributed by atoms with Gasteiger partial charge in [0.1, 0.15) is 29.4 Å². The van der Waals surface area contributed by atoms with Crippen LogP contribution in [0.1, 0.15) is 52.0 Å². The van der Waals surface area contributed by atoms with Gasteiger partial charge in [-0.1, -0.05) is 20.8 Å². The van der Waals surface area contributed by atoms with Crippen LogP contribution in [0, 0.1) is 39.9 Å². The van der Waals surface area contributed by atoms with E-state index in [0.29, 0.717) is 12.5 Å². The third-order valence-corrected chi connectivity index (χ3v) is 11.6. The molecule has 264 valence electrons. The average molecular weight is 701 g/mol. The van der Waals surface area contributed by atoms with E-state index in [1.807, 2.05) is 6.07 Å². The van der Waals surface area contributed by atoms with E-state index in [4.69, 9.17) is 4.74 Å². The summed E-state index contributed by atoms with van der Waals surface area (Å²) in [6.07, 6.45) is -10.8. The molecule has 4 heterocycles. The molecule has 2 bridgehead atoms. The predicted octanol–water partition coefficient (Wildman–Crippen LogP) is 3.35. The molecule has 3 saturated carbocycles. The number of rotatable bonds is 3. The maximum atomic E-state index is 15.4. The first-order chi connectivity index (χ1) is 22.6. The molecule has 1 aromatic rings. The number of ether oxygens (including phenoxy) is 1. The van der Waals surface area contributed by atoms with Crippen LogP contribution in [0.25, 0.3) is 0 Å². The molecule has 18 heteroatoms. The standard InChI is InChI=1S/C31H31F7N6O5/c1-26(2,3)20(41-24(47)31(36,37)38)22(45)44-10-17-13-6-16(18(32)7-13)28(17)11-29(28,44)25(48)43-12-27(8-14(43)9-39)23(46)42-21-19(49-27)15(4-5-40-21)30(33,34)35/h4-5,13-14,16-18,20H,6-8,10-12H2,1-3H3,(H,41,47)(H,40,42,46)/t13-,14-,16+,17+,18+,20+,27+,28-,29?/m0/s1. The van der Waals surface area contributed by atoms with Gasteiger partial charge in [-0.25, -0.2) is 9.37 Å². The molecule has 3 aliphatic heterocycles. The Morgan fingerprint density at radius 2 is 1.84 bits per heavy atom.